The van der Waals surface area contributed by atoms with Crippen LogP contribution >= 0.6 is 11.3 Å². The van der Waals surface area contributed by atoms with Crippen molar-refractivity contribution in [3.05, 3.63) is 35.0 Å². The molecular weight excluding hydrogens is 239 g/mol. The maximum absolute atomic E-state index is 13.0. The zero-order valence-electron chi connectivity index (χ0n) is 9.44. The lowest BCUT2D eigenvalue weighted by atomic mass is 10.2. The number of carbonyl (C=O) groups is 1. The average Bonchev–Trinajstić information content (AvgIpc) is 2.71. The molecule has 1 aromatic carbocycles. The first-order valence-electron chi connectivity index (χ1n) is 5.26. The Balaban J connectivity index is 2.33. The van der Waals surface area contributed by atoms with Crippen LogP contribution in [0.4, 0.5) is 4.39 Å². The van der Waals surface area contributed by atoms with Gasteiger partial charge in [-0.25, -0.2) is 4.39 Å². The van der Waals surface area contributed by atoms with Crippen LogP contribution in [0.3, 0.4) is 0 Å². The molecule has 0 saturated heterocycles. The molecule has 0 saturated carbocycles. The third kappa shape index (κ3) is 2.45. The highest BCUT2D eigenvalue weighted by Crippen LogP contribution is 2.27. The molecule has 2 N–H and O–H groups in total. The average molecular weight is 252 g/mol. The number of hydrogen-bond donors (Lipinski definition) is 1. The van der Waals surface area contributed by atoms with E-state index < -0.39 is 0 Å². The molecule has 1 amide bonds. The second-order valence-electron chi connectivity index (χ2n) is 3.81. The van der Waals surface area contributed by atoms with Crippen molar-refractivity contribution in [2.45, 2.75) is 0 Å². The lowest BCUT2D eigenvalue weighted by molar-refractivity contribution is 0.0804. The summed E-state index contributed by atoms with van der Waals surface area (Å²) < 4.78 is 13.8. The van der Waals surface area contributed by atoms with Gasteiger partial charge in [0.05, 0.1) is 4.88 Å². The zero-order chi connectivity index (χ0) is 12.4. The number of nitrogens with two attached hydrogens (primary N) is 1. The molecule has 2 rings (SSSR count). The summed E-state index contributed by atoms with van der Waals surface area (Å²) in [5.74, 6) is -0.356. The van der Waals surface area contributed by atoms with Crippen LogP contribution in [0.5, 0.6) is 0 Å². The SMILES string of the molecule is CN(CCN)C(=O)c1cc2ccc(F)cc2s1. The number of benzene rings is 1. The smallest absolute Gasteiger partial charge is 0.263 e. The van der Waals surface area contributed by atoms with Gasteiger partial charge in [-0.1, -0.05) is 6.07 Å². The summed E-state index contributed by atoms with van der Waals surface area (Å²) in [5, 5.41) is 0.890. The highest BCUT2D eigenvalue weighted by molar-refractivity contribution is 7.20. The van der Waals surface area contributed by atoms with Crippen LogP contribution in [-0.4, -0.2) is 30.9 Å². The largest absolute Gasteiger partial charge is 0.340 e. The van der Waals surface area contributed by atoms with Gasteiger partial charge in [-0.05, 0) is 23.6 Å². The monoisotopic (exact) mass is 252 g/mol. The fourth-order valence-electron chi connectivity index (χ4n) is 1.59. The summed E-state index contributed by atoms with van der Waals surface area (Å²) in [4.78, 5) is 14.2. The molecule has 0 bridgehead atoms. The predicted molar refractivity (Wildman–Crippen MR) is 67.8 cm³/mol. The van der Waals surface area contributed by atoms with E-state index in [4.69, 9.17) is 5.73 Å². The first-order chi connectivity index (χ1) is 8.11. The zero-order valence-corrected chi connectivity index (χ0v) is 10.3. The molecule has 0 fully saturated rings. The number of amides is 1. The van der Waals surface area contributed by atoms with Crippen LogP contribution in [0.15, 0.2) is 24.3 Å². The number of likely N-dealkylation sites (N-methyl/N-ethyl adjacent to an activating group) is 1. The third-order valence-corrected chi connectivity index (χ3v) is 3.59. The minimum atomic E-state index is -0.284. The van der Waals surface area contributed by atoms with E-state index in [2.05, 4.69) is 0 Å². The van der Waals surface area contributed by atoms with Crippen LogP contribution in [0.1, 0.15) is 9.67 Å². The molecule has 0 atom stereocenters. The summed E-state index contributed by atoms with van der Waals surface area (Å²) in [6, 6.07) is 6.31. The number of carbonyl (C=O) groups excluding carboxylic acids is 1. The van der Waals surface area contributed by atoms with Crippen molar-refractivity contribution >= 4 is 27.3 Å². The van der Waals surface area contributed by atoms with E-state index in [0.717, 1.165) is 10.1 Å². The number of halogens is 1. The predicted octanol–water partition coefficient (Wildman–Crippen LogP) is 2.07. The maximum atomic E-state index is 13.0. The number of thiophene rings is 1. The second kappa shape index (κ2) is 4.81. The van der Waals surface area contributed by atoms with Gasteiger partial charge in [-0.3, -0.25) is 4.79 Å². The van der Waals surface area contributed by atoms with Gasteiger partial charge >= 0.3 is 0 Å². The Morgan fingerprint density at radius 3 is 2.94 bits per heavy atom. The van der Waals surface area contributed by atoms with Crippen LogP contribution in [-0.2, 0) is 0 Å². The molecule has 0 radical (unpaired) electrons. The van der Waals surface area contributed by atoms with Gasteiger partial charge in [0.1, 0.15) is 5.82 Å². The molecule has 0 spiro atoms. The van der Waals surface area contributed by atoms with E-state index >= 15 is 0 Å². The van der Waals surface area contributed by atoms with Gasteiger partial charge in [0, 0.05) is 24.8 Å². The molecule has 1 aromatic heterocycles. The van der Waals surface area contributed by atoms with Gasteiger partial charge in [0.25, 0.3) is 5.91 Å². The van der Waals surface area contributed by atoms with E-state index in [1.807, 2.05) is 0 Å². The molecule has 5 heteroatoms. The Hall–Kier alpha value is -1.46. The summed E-state index contributed by atoms with van der Waals surface area (Å²) in [7, 11) is 1.71. The Labute approximate surface area is 103 Å². The Kier molecular flexibility index (Phi) is 3.40. The van der Waals surface area contributed by atoms with Crippen LogP contribution in [0.25, 0.3) is 10.1 Å². The highest BCUT2D eigenvalue weighted by Gasteiger charge is 2.14. The van der Waals surface area contributed by atoms with Crippen LogP contribution in [0, 0.1) is 5.82 Å². The summed E-state index contributed by atoms with van der Waals surface area (Å²) >= 11 is 1.30. The first kappa shape index (κ1) is 12.0. The quantitative estimate of drug-likeness (QED) is 0.909. The van der Waals surface area contributed by atoms with Gasteiger partial charge in [-0.15, -0.1) is 11.3 Å². The van der Waals surface area contributed by atoms with E-state index in [-0.39, 0.29) is 11.7 Å². The molecule has 0 aliphatic carbocycles. The van der Waals surface area contributed by atoms with E-state index in [1.165, 1.54) is 23.5 Å². The molecule has 90 valence electrons. The van der Waals surface area contributed by atoms with Gasteiger partial charge < -0.3 is 10.6 Å². The highest BCUT2D eigenvalue weighted by atomic mass is 32.1. The molecular formula is C12H13FN2OS. The number of hydrogen-bond acceptors (Lipinski definition) is 3. The summed E-state index contributed by atoms with van der Waals surface area (Å²) in [5.41, 5.74) is 5.40. The van der Waals surface area contributed by atoms with E-state index in [1.54, 1.807) is 24.1 Å². The van der Waals surface area contributed by atoms with Crippen molar-refractivity contribution < 1.29 is 9.18 Å². The Bertz CT molecular complexity index is 552. The summed E-state index contributed by atoms with van der Waals surface area (Å²) in [6.45, 7) is 0.948. The van der Waals surface area contributed by atoms with Crippen molar-refractivity contribution in [3.63, 3.8) is 0 Å². The fourth-order valence-corrected chi connectivity index (χ4v) is 2.68. The fraction of sp³-hybridized carbons (Fsp3) is 0.250. The number of fused-ring (bicyclic) bond motifs is 1. The van der Waals surface area contributed by atoms with Gasteiger partial charge in [0.2, 0.25) is 0 Å². The van der Waals surface area contributed by atoms with Crippen molar-refractivity contribution in [1.29, 1.82) is 0 Å². The maximum Gasteiger partial charge on any atom is 0.263 e. The van der Waals surface area contributed by atoms with Crippen molar-refractivity contribution in [3.8, 4) is 0 Å². The lowest BCUT2D eigenvalue weighted by Gasteiger charge is -2.14. The van der Waals surface area contributed by atoms with Crippen LogP contribution < -0.4 is 5.73 Å². The minimum absolute atomic E-state index is 0.0722. The minimum Gasteiger partial charge on any atom is -0.340 e. The third-order valence-electron chi connectivity index (χ3n) is 2.50. The van der Waals surface area contributed by atoms with E-state index in [9.17, 15) is 9.18 Å². The number of nitrogens with zero attached hydrogens (tertiary/aromatic N) is 1. The van der Waals surface area contributed by atoms with Crippen molar-refractivity contribution in [2.75, 3.05) is 20.1 Å². The molecule has 2 aromatic rings. The first-order valence-corrected chi connectivity index (χ1v) is 6.08. The molecule has 3 nitrogen and oxygen atoms in total. The topological polar surface area (TPSA) is 46.3 Å². The molecule has 1 heterocycles. The van der Waals surface area contributed by atoms with Crippen molar-refractivity contribution in [1.82, 2.24) is 4.90 Å². The summed E-state index contributed by atoms with van der Waals surface area (Å²) in [6.07, 6.45) is 0. The van der Waals surface area contributed by atoms with Crippen LogP contribution in [0.2, 0.25) is 0 Å². The standard InChI is InChI=1S/C12H13FN2OS/c1-15(5-4-14)12(16)11-6-8-2-3-9(13)7-10(8)17-11/h2-3,6-7H,4-5,14H2,1H3. The molecule has 0 aliphatic rings. The molecule has 17 heavy (non-hydrogen) atoms. The Morgan fingerprint density at radius 2 is 2.24 bits per heavy atom. The number of rotatable bonds is 3. The van der Waals surface area contributed by atoms with Gasteiger partial charge in [-0.2, -0.15) is 0 Å². The van der Waals surface area contributed by atoms with E-state index in [0.29, 0.717) is 18.0 Å². The van der Waals surface area contributed by atoms with Gasteiger partial charge in [0.15, 0.2) is 0 Å². The molecule has 0 aliphatic heterocycles. The normalized spacial score (nSPS) is 10.8. The second-order valence-corrected chi connectivity index (χ2v) is 4.89. The molecule has 0 unspecified atom stereocenters. The van der Waals surface area contributed by atoms with Crippen molar-refractivity contribution in [2.24, 2.45) is 5.73 Å². The lowest BCUT2D eigenvalue weighted by Crippen LogP contribution is -2.31. The Morgan fingerprint density at radius 1 is 1.47 bits per heavy atom.